The monoisotopic (exact) mass is 312 g/mol. The normalized spacial score (nSPS) is 18.8. The smallest absolute Gasteiger partial charge is 0.242 e. The fourth-order valence-corrected chi connectivity index (χ4v) is 3.56. The van der Waals surface area contributed by atoms with E-state index in [1.165, 1.54) is 13.1 Å². The van der Waals surface area contributed by atoms with Gasteiger partial charge in [-0.25, -0.2) is 13.1 Å². The number of nitrogens with one attached hydrogen (secondary N) is 2. The molecule has 8 heteroatoms. The lowest BCUT2D eigenvalue weighted by Gasteiger charge is -2.27. The second-order valence-corrected chi connectivity index (χ2v) is 6.76. The van der Waals surface area contributed by atoms with Crippen LogP contribution in [0, 0.1) is 0 Å². The minimum absolute atomic E-state index is 0.0980. The van der Waals surface area contributed by atoms with E-state index in [1.807, 2.05) is 4.90 Å². The van der Waals surface area contributed by atoms with Gasteiger partial charge >= 0.3 is 0 Å². The number of amides is 1. The number of carbonyl (C=O) groups is 1. The summed E-state index contributed by atoms with van der Waals surface area (Å²) < 4.78 is 26.7. The lowest BCUT2D eigenvalue weighted by Crippen LogP contribution is -2.42. The first-order valence-corrected chi connectivity index (χ1v) is 8.20. The summed E-state index contributed by atoms with van der Waals surface area (Å²) >= 11 is 0. The van der Waals surface area contributed by atoms with Crippen LogP contribution in [-0.2, 0) is 14.8 Å². The standard InChI is InChI=1S/C13H20N4O3S/c1-15-13(18)11-4-3-7-17(11)10-6-5-9(14)8-12(10)21(19,20)16-2/h5-6,8,11,16H,3-4,7,14H2,1-2H3,(H,15,18). The molecule has 1 amide bonds. The van der Waals surface area contributed by atoms with Crippen molar-refractivity contribution in [1.29, 1.82) is 0 Å². The third-order valence-electron chi connectivity index (χ3n) is 3.65. The Morgan fingerprint density at radius 2 is 2.10 bits per heavy atom. The van der Waals surface area contributed by atoms with Crippen LogP contribution in [-0.4, -0.2) is 41.0 Å². The first-order chi connectivity index (χ1) is 9.90. The van der Waals surface area contributed by atoms with Crippen molar-refractivity contribution in [2.75, 3.05) is 31.3 Å². The molecule has 7 nitrogen and oxygen atoms in total. The van der Waals surface area contributed by atoms with Gasteiger partial charge in [0.05, 0.1) is 5.69 Å². The molecule has 0 aliphatic carbocycles. The highest BCUT2D eigenvalue weighted by Crippen LogP contribution is 2.32. The number of rotatable bonds is 4. The Labute approximate surface area is 124 Å². The predicted molar refractivity (Wildman–Crippen MR) is 81.5 cm³/mol. The fraction of sp³-hybridized carbons (Fsp3) is 0.462. The molecule has 1 fully saturated rings. The van der Waals surface area contributed by atoms with Crippen LogP contribution in [0.25, 0.3) is 0 Å². The summed E-state index contributed by atoms with van der Waals surface area (Å²) in [7, 11) is -0.722. The van der Waals surface area contributed by atoms with Crippen molar-refractivity contribution in [1.82, 2.24) is 10.0 Å². The average Bonchev–Trinajstić information content (AvgIpc) is 2.95. The van der Waals surface area contributed by atoms with E-state index >= 15 is 0 Å². The van der Waals surface area contributed by atoms with Crippen LogP contribution in [0.4, 0.5) is 11.4 Å². The van der Waals surface area contributed by atoms with Crippen molar-refractivity contribution in [2.45, 2.75) is 23.8 Å². The van der Waals surface area contributed by atoms with Crippen molar-refractivity contribution in [3.63, 3.8) is 0 Å². The van der Waals surface area contributed by atoms with Crippen LogP contribution >= 0.6 is 0 Å². The number of nitrogen functional groups attached to an aromatic ring is 1. The number of hydrogen-bond donors (Lipinski definition) is 3. The van der Waals surface area contributed by atoms with E-state index in [0.29, 0.717) is 24.3 Å². The molecule has 1 saturated heterocycles. The molecule has 1 unspecified atom stereocenters. The molecule has 21 heavy (non-hydrogen) atoms. The highest BCUT2D eigenvalue weighted by Gasteiger charge is 2.33. The van der Waals surface area contributed by atoms with Gasteiger partial charge in [0.15, 0.2) is 0 Å². The van der Waals surface area contributed by atoms with Gasteiger partial charge in [-0.1, -0.05) is 0 Å². The van der Waals surface area contributed by atoms with E-state index in [1.54, 1.807) is 19.2 Å². The quantitative estimate of drug-likeness (QED) is 0.673. The number of likely N-dealkylation sites (N-methyl/N-ethyl adjacent to an activating group) is 1. The van der Waals surface area contributed by atoms with Gasteiger partial charge < -0.3 is 16.0 Å². The Kier molecular flexibility index (Phi) is 4.38. The van der Waals surface area contributed by atoms with Gasteiger partial charge in [0.2, 0.25) is 15.9 Å². The van der Waals surface area contributed by atoms with Gasteiger partial charge in [-0.2, -0.15) is 0 Å². The van der Waals surface area contributed by atoms with Gasteiger partial charge in [0, 0.05) is 19.3 Å². The summed E-state index contributed by atoms with van der Waals surface area (Å²) in [4.78, 5) is 13.9. The van der Waals surface area contributed by atoms with E-state index in [2.05, 4.69) is 10.0 Å². The third kappa shape index (κ3) is 2.96. The zero-order valence-electron chi connectivity index (χ0n) is 12.1. The predicted octanol–water partition coefficient (Wildman–Crippen LogP) is -0.108. The fourth-order valence-electron chi connectivity index (χ4n) is 2.59. The number of carbonyl (C=O) groups excluding carboxylic acids is 1. The summed E-state index contributed by atoms with van der Waals surface area (Å²) in [5, 5.41) is 2.62. The van der Waals surface area contributed by atoms with Gasteiger partial charge in [-0.15, -0.1) is 0 Å². The Morgan fingerprint density at radius 1 is 1.38 bits per heavy atom. The molecule has 0 aromatic heterocycles. The lowest BCUT2D eigenvalue weighted by atomic mass is 10.2. The molecule has 116 valence electrons. The van der Waals surface area contributed by atoms with E-state index in [-0.39, 0.29) is 16.8 Å². The summed E-state index contributed by atoms with van der Waals surface area (Å²) in [5.74, 6) is -0.114. The molecule has 4 N–H and O–H groups in total. The van der Waals surface area contributed by atoms with Gasteiger partial charge in [-0.05, 0) is 38.1 Å². The summed E-state index contributed by atoms with van der Waals surface area (Å²) in [5.41, 5.74) is 6.58. The Bertz CT molecular complexity index is 645. The van der Waals surface area contributed by atoms with Crippen LogP contribution in [0.3, 0.4) is 0 Å². The highest BCUT2D eigenvalue weighted by atomic mass is 32.2. The highest BCUT2D eigenvalue weighted by molar-refractivity contribution is 7.89. The zero-order chi connectivity index (χ0) is 15.6. The Morgan fingerprint density at radius 3 is 2.71 bits per heavy atom. The third-order valence-corrected chi connectivity index (χ3v) is 5.10. The van der Waals surface area contributed by atoms with E-state index < -0.39 is 10.0 Å². The first-order valence-electron chi connectivity index (χ1n) is 6.72. The minimum Gasteiger partial charge on any atom is -0.399 e. The average molecular weight is 312 g/mol. The second kappa shape index (κ2) is 5.90. The molecule has 0 bridgehead atoms. The SMILES string of the molecule is CNC(=O)C1CCCN1c1ccc(N)cc1S(=O)(=O)NC. The largest absolute Gasteiger partial charge is 0.399 e. The molecule has 0 radical (unpaired) electrons. The molecular weight excluding hydrogens is 292 g/mol. The molecular formula is C13H20N4O3S. The maximum atomic E-state index is 12.2. The Balaban J connectivity index is 2.51. The molecule has 1 aliphatic rings. The molecule has 1 aliphatic heterocycles. The maximum Gasteiger partial charge on any atom is 0.242 e. The molecule has 0 saturated carbocycles. The van der Waals surface area contributed by atoms with Crippen molar-refractivity contribution < 1.29 is 13.2 Å². The molecule has 0 spiro atoms. The van der Waals surface area contributed by atoms with E-state index in [9.17, 15) is 13.2 Å². The van der Waals surface area contributed by atoms with Crippen LogP contribution in [0.5, 0.6) is 0 Å². The Hall–Kier alpha value is -1.80. The molecule has 1 aromatic carbocycles. The van der Waals surface area contributed by atoms with Crippen LogP contribution < -0.4 is 20.7 Å². The topological polar surface area (TPSA) is 105 Å². The first kappa shape index (κ1) is 15.6. The zero-order valence-corrected chi connectivity index (χ0v) is 12.9. The van der Waals surface area contributed by atoms with E-state index in [0.717, 1.165) is 6.42 Å². The van der Waals surface area contributed by atoms with Crippen LogP contribution in [0.1, 0.15) is 12.8 Å². The molecule has 1 atom stereocenters. The number of hydrogen-bond acceptors (Lipinski definition) is 5. The molecule has 2 rings (SSSR count). The second-order valence-electron chi connectivity index (χ2n) is 4.90. The summed E-state index contributed by atoms with van der Waals surface area (Å²) in [6.07, 6.45) is 1.53. The molecule has 1 heterocycles. The van der Waals surface area contributed by atoms with Crippen LogP contribution in [0.2, 0.25) is 0 Å². The van der Waals surface area contributed by atoms with Gasteiger partial charge in [-0.3, -0.25) is 4.79 Å². The number of nitrogens with zero attached hydrogens (tertiary/aromatic N) is 1. The number of sulfonamides is 1. The summed E-state index contributed by atoms with van der Waals surface area (Å²) in [6.45, 7) is 0.633. The van der Waals surface area contributed by atoms with Crippen molar-refractivity contribution >= 4 is 27.3 Å². The van der Waals surface area contributed by atoms with Gasteiger partial charge in [0.1, 0.15) is 10.9 Å². The number of nitrogens with two attached hydrogens (primary N) is 1. The maximum absolute atomic E-state index is 12.2. The van der Waals surface area contributed by atoms with Gasteiger partial charge in [0.25, 0.3) is 0 Å². The van der Waals surface area contributed by atoms with Crippen molar-refractivity contribution in [3.05, 3.63) is 18.2 Å². The van der Waals surface area contributed by atoms with Crippen molar-refractivity contribution in [3.8, 4) is 0 Å². The number of benzene rings is 1. The van der Waals surface area contributed by atoms with Crippen molar-refractivity contribution in [2.24, 2.45) is 0 Å². The van der Waals surface area contributed by atoms with E-state index in [4.69, 9.17) is 5.73 Å². The summed E-state index contributed by atoms with van der Waals surface area (Å²) in [6, 6.07) is 4.36. The van der Waals surface area contributed by atoms with Crippen LogP contribution in [0.15, 0.2) is 23.1 Å². The lowest BCUT2D eigenvalue weighted by molar-refractivity contribution is -0.121. The molecule has 1 aromatic rings. The number of anilines is 2. The minimum atomic E-state index is -3.65.